The summed E-state index contributed by atoms with van der Waals surface area (Å²) in [6, 6.07) is 22.5. The van der Waals surface area contributed by atoms with Crippen LogP contribution < -0.4 is 0 Å². The Kier molecular flexibility index (Phi) is 3.70. The number of fused-ring (bicyclic) bond motifs is 2. The molecule has 4 rings (SSSR count). The van der Waals surface area contributed by atoms with Gasteiger partial charge in [0.25, 0.3) is 0 Å². The van der Waals surface area contributed by atoms with E-state index in [9.17, 15) is 0 Å². The molecule has 0 bridgehead atoms. The summed E-state index contributed by atoms with van der Waals surface area (Å²) in [5.74, 6) is 0. The molecule has 3 heteroatoms. The van der Waals surface area contributed by atoms with Crippen LogP contribution in [0.1, 0.15) is 0 Å². The minimum absolute atomic E-state index is 0.424. The maximum absolute atomic E-state index is 8.53. The summed E-state index contributed by atoms with van der Waals surface area (Å²) in [6.07, 6.45) is 3.89. The lowest BCUT2D eigenvalue weighted by atomic mass is 10.2. The molecule has 0 aliphatic heterocycles. The molecule has 0 radical (unpaired) electrons. The third-order valence-electron chi connectivity index (χ3n) is 3.38. The van der Waals surface area contributed by atoms with Gasteiger partial charge in [0.05, 0.1) is 6.07 Å². The summed E-state index contributed by atoms with van der Waals surface area (Å²) in [5, 5.41) is 11.0. The van der Waals surface area contributed by atoms with E-state index in [0.29, 0.717) is 6.54 Å². The summed E-state index contributed by atoms with van der Waals surface area (Å²) in [6.45, 7) is 0.424. The summed E-state index contributed by atoms with van der Waals surface area (Å²) < 4.78 is 1.94. The van der Waals surface area contributed by atoms with Gasteiger partial charge in [0.15, 0.2) is 0 Å². The highest BCUT2D eigenvalue weighted by molar-refractivity contribution is 5.80. The van der Waals surface area contributed by atoms with Crippen molar-refractivity contribution in [2.24, 2.45) is 0 Å². The second-order valence-electron chi connectivity index (χ2n) is 4.73. The molecule has 0 unspecified atom stereocenters. The largest absolute Gasteiger partial charge is 0.361 e. The number of nitrogens with one attached hydrogen (secondary N) is 1. The molecule has 0 aliphatic rings. The summed E-state index contributed by atoms with van der Waals surface area (Å²) in [5.41, 5.74) is 2.33. The Morgan fingerprint density at radius 3 is 2.48 bits per heavy atom. The van der Waals surface area contributed by atoms with Crippen molar-refractivity contribution in [2.45, 2.75) is 6.54 Å². The number of aromatic amines is 1. The predicted octanol–water partition coefficient (Wildman–Crippen LogP) is 4.33. The van der Waals surface area contributed by atoms with Gasteiger partial charge in [0.1, 0.15) is 6.54 Å². The Morgan fingerprint density at radius 1 is 0.905 bits per heavy atom. The maximum atomic E-state index is 8.53. The average Bonchev–Trinajstić information content (AvgIpc) is 3.15. The molecule has 102 valence electrons. The molecule has 1 N–H and O–H groups in total. The minimum Gasteiger partial charge on any atom is -0.361 e. The Bertz CT molecular complexity index is 863. The van der Waals surface area contributed by atoms with Gasteiger partial charge in [-0.25, -0.2) is 0 Å². The number of para-hydroxylation sites is 2. The van der Waals surface area contributed by atoms with Gasteiger partial charge < -0.3 is 9.55 Å². The van der Waals surface area contributed by atoms with Gasteiger partial charge in [-0.2, -0.15) is 5.26 Å². The second-order valence-corrected chi connectivity index (χ2v) is 4.73. The van der Waals surface area contributed by atoms with Gasteiger partial charge >= 0.3 is 0 Å². The normalized spacial score (nSPS) is 10.0. The Balaban J connectivity index is 0.000000131. The first-order chi connectivity index (χ1) is 10.4. The van der Waals surface area contributed by atoms with E-state index >= 15 is 0 Å². The van der Waals surface area contributed by atoms with Gasteiger partial charge in [0.2, 0.25) is 0 Å². The fourth-order valence-corrected chi connectivity index (χ4v) is 2.35. The van der Waals surface area contributed by atoms with Crippen molar-refractivity contribution >= 4 is 21.8 Å². The lowest BCUT2D eigenvalue weighted by molar-refractivity contribution is 0.874. The number of hydrogen-bond acceptors (Lipinski definition) is 1. The van der Waals surface area contributed by atoms with Crippen molar-refractivity contribution in [3.63, 3.8) is 0 Å². The van der Waals surface area contributed by atoms with Crippen LogP contribution in [-0.4, -0.2) is 9.55 Å². The van der Waals surface area contributed by atoms with Crippen LogP contribution in [0.4, 0.5) is 0 Å². The third kappa shape index (κ3) is 2.80. The lowest BCUT2D eigenvalue weighted by Crippen LogP contribution is -1.91. The van der Waals surface area contributed by atoms with E-state index in [1.165, 1.54) is 16.3 Å². The van der Waals surface area contributed by atoms with Crippen molar-refractivity contribution < 1.29 is 0 Å². The quantitative estimate of drug-likeness (QED) is 0.551. The highest BCUT2D eigenvalue weighted by atomic mass is 14.9. The molecule has 0 saturated carbocycles. The predicted molar refractivity (Wildman–Crippen MR) is 85.8 cm³/mol. The van der Waals surface area contributed by atoms with E-state index in [2.05, 4.69) is 29.3 Å². The SMILES string of the molecule is N#CCn1ccc2ccccc21.c1ccc2[nH]ccc2c1. The van der Waals surface area contributed by atoms with Gasteiger partial charge in [-0.1, -0.05) is 36.4 Å². The first-order valence-corrected chi connectivity index (χ1v) is 6.81. The van der Waals surface area contributed by atoms with E-state index in [1.807, 2.05) is 59.4 Å². The summed E-state index contributed by atoms with van der Waals surface area (Å²) >= 11 is 0. The van der Waals surface area contributed by atoms with E-state index in [4.69, 9.17) is 5.26 Å². The number of benzene rings is 2. The van der Waals surface area contributed by atoms with Crippen LogP contribution in [-0.2, 0) is 6.54 Å². The number of rotatable bonds is 1. The maximum Gasteiger partial charge on any atom is 0.110 e. The molecular formula is C18H15N3. The number of H-pyrrole nitrogens is 1. The molecule has 2 heterocycles. The molecule has 3 nitrogen and oxygen atoms in total. The number of nitrogens with zero attached hydrogens (tertiary/aromatic N) is 2. The topological polar surface area (TPSA) is 44.5 Å². The van der Waals surface area contributed by atoms with Crippen LogP contribution >= 0.6 is 0 Å². The minimum atomic E-state index is 0.424. The Hall–Kier alpha value is -2.99. The Labute approximate surface area is 123 Å². The van der Waals surface area contributed by atoms with Crippen LogP contribution in [0.2, 0.25) is 0 Å². The number of nitriles is 1. The monoisotopic (exact) mass is 273 g/mol. The number of aromatic nitrogens is 2. The van der Waals surface area contributed by atoms with Crippen molar-refractivity contribution in [2.75, 3.05) is 0 Å². The van der Waals surface area contributed by atoms with E-state index in [-0.39, 0.29) is 0 Å². The van der Waals surface area contributed by atoms with Crippen molar-refractivity contribution in [3.05, 3.63) is 73.1 Å². The van der Waals surface area contributed by atoms with Crippen LogP contribution in [0.5, 0.6) is 0 Å². The second kappa shape index (κ2) is 5.98. The lowest BCUT2D eigenvalue weighted by Gasteiger charge is -1.96. The van der Waals surface area contributed by atoms with Crippen LogP contribution in [0.15, 0.2) is 73.1 Å². The Morgan fingerprint density at radius 2 is 1.67 bits per heavy atom. The van der Waals surface area contributed by atoms with Crippen LogP contribution in [0.3, 0.4) is 0 Å². The molecule has 4 aromatic rings. The van der Waals surface area contributed by atoms with E-state index in [0.717, 1.165) is 5.52 Å². The molecule has 0 saturated heterocycles. The number of hydrogen-bond donors (Lipinski definition) is 1. The fraction of sp³-hybridized carbons (Fsp3) is 0.0556. The third-order valence-corrected chi connectivity index (χ3v) is 3.38. The highest BCUT2D eigenvalue weighted by Crippen LogP contribution is 2.14. The molecule has 2 aromatic heterocycles. The van der Waals surface area contributed by atoms with Gasteiger partial charge in [-0.15, -0.1) is 0 Å². The average molecular weight is 273 g/mol. The van der Waals surface area contributed by atoms with Crippen molar-refractivity contribution in [1.82, 2.24) is 9.55 Å². The molecule has 21 heavy (non-hydrogen) atoms. The molecular weight excluding hydrogens is 258 g/mol. The smallest absolute Gasteiger partial charge is 0.110 e. The molecule has 0 spiro atoms. The molecule has 0 aliphatic carbocycles. The van der Waals surface area contributed by atoms with Crippen molar-refractivity contribution in [3.8, 4) is 6.07 Å². The zero-order chi connectivity index (χ0) is 14.5. The van der Waals surface area contributed by atoms with Gasteiger partial charge in [-0.05, 0) is 35.0 Å². The van der Waals surface area contributed by atoms with Crippen molar-refractivity contribution in [1.29, 1.82) is 5.26 Å². The molecule has 0 fully saturated rings. The van der Waals surface area contributed by atoms with Gasteiger partial charge in [0, 0.05) is 23.4 Å². The van der Waals surface area contributed by atoms with Crippen LogP contribution in [0.25, 0.3) is 21.8 Å². The fourth-order valence-electron chi connectivity index (χ4n) is 2.35. The van der Waals surface area contributed by atoms with E-state index in [1.54, 1.807) is 0 Å². The zero-order valence-electron chi connectivity index (χ0n) is 11.5. The standard InChI is InChI=1S/C10H8N2.C8H7N/c11-6-8-12-7-5-9-3-1-2-4-10(9)12;1-2-4-8-7(3-1)5-6-9-8/h1-5,7H,8H2;1-6,9H. The zero-order valence-corrected chi connectivity index (χ0v) is 11.5. The van der Waals surface area contributed by atoms with E-state index < -0.39 is 0 Å². The summed E-state index contributed by atoms with van der Waals surface area (Å²) in [4.78, 5) is 3.12. The van der Waals surface area contributed by atoms with Crippen LogP contribution in [0, 0.1) is 11.3 Å². The van der Waals surface area contributed by atoms with Gasteiger partial charge in [-0.3, -0.25) is 0 Å². The molecule has 0 amide bonds. The molecule has 2 aromatic carbocycles. The highest BCUT2D eigenvalue weighted by Gasteiger charge is 1.96. The summed E-state index contributed by atoms with van der Waals surface area (Å²) in [7, 11) is 0. The first-order valence-electron chi connectivity index (χ1n) is 6.81. The first kappa shape index (κ1) is 13.0. The molecule has 0 atom stereocenters.